The molecular weight excluding hydrogens is 354 g/mol. The third kappa shape index (κ3) is 1.91. The molecule has 4 aliphatic rings. The molecule has 1 aromatic carbocycles. The Bertz CT molecular complexity index is 946. The van der Waals surface area contributed by atoms with Crippen LogP contribution in [0.3, 0.4) is 0 Å². The van der Waals surface area contributed by atoms with Gasteiger partial charge in [0.1, 0.15) is 0 Å². The summed E-state index contributed by atoms with van der Waals surface area (Å²) in [6, 6.07) is 1.41. The Morgan fingerprint density at radius 3 is 2.19 bits per heavy atom. The van der Waals surface area contributed by atoms with Gasteiger partial charge in [-0.1, -0.05) is 18.2 Å². The number of carbonyl (C=O) groups is 2. The van der Waals surface area contributed by atoms with Gasteiger partial charge in [0.05, 0.1) is 23.0 Å². The van der Waals surface area contributed by atoms with E-state index in [0.717, 1.165) is 30.1 Å². The zero-order valence-electron chi connectivity index (χ0n) is 13.9. The summed E-state index contributed by atoms with van der Waals surface area (Å²) >= 11 is 0. The molecule has 4 atom stereocenters. The maximum absolute atomic E-state index is 12.8. The van der Waals surface area contributed by atoms with Crippen molar-refractivity contribution in [3.63, 3.8) is 0 Å². The van der Waals surface area contributed by atoms with Crippen molar-refractivity contribution in [1.29, 1.82) is 0 Å². The second kappa shape index (κ2) is 4.93. The number of nitro benzene ring substituents is 1. The summed E-state index contributed by atoms with van der Waals surface area (Å²) in [6.07, 6.45) is 7.05. The largest absolute Gasteiger partial charge is 0.872 e. The van der Waals surface area contributed by atoms with E-state index in [1.54, 1.807) is 0 Å². The molecule has 2 amide bonds. The van der Waals surface area contributed by atoms with Crippen molar-refractivity contribution < 1.29 is 24.7 Å². The van der Waals surface area contributed by atoms with Crippen LogP contribution in [0, 0.1) is 39.2 Å². The van der Waals surface area contributed by atoms with Crippen LogP contribution < -0.4 is 10.2 Å². The lowest BCUT2D eigenvalue weighted by Gasteiger charge is -2.19. The topological polar surface area (TPSA) is 139 Å². The van der Waals surface area contributed by atoms with Gasteiger partial charge in [0.25, 0.3) is 17.5 Å². The van der Waals surface area contributed by atoms with Gasteiger partial charge in [-0.3, -0.25) is 19.7 Å². The number of benzene rings is 1. The van der Waals surface area contributed by atoms with Gasteiger partial charge in [-0.15, -0.1) is 5.75 Å². The van der Waals surface area contributed by atoms with Crippen molar-refractivity contribution in [3.05, 3.63) is 40.0 Å². The Morgan fingerprint density at radius 1 is 1.07 bits per heavy atom. The Morgan fingerprint density at radius 2 is 1.67 bits per heavy atom. The Hall–Kier alpha value is -3.23. The minimum absolute atomic E-state index is 0.0556. The second-order valence-corrected chi connectivity index (χ2v) is 7.57. The highest BCUT2D eigenvalue weighted by atomic mass is 16.6. The lowest BCUT2D eigenvalue weighted by molar-refractivity contribution is -0.398. The van der Waals surface area contributed by atoms with Crippen LogP contribution in [0.5, 0.6) is 11.5 Å². The van der Waals surface area contributed by atoms with Gasteiger partial charge >= 0.3 is 0 Å². The standard InChI is InChI=1S/C18H15N3O6/c22-12-6-13(23)11(21(26)27)5-8(12)7-19-20-16(24)14-9-1-2-10(15(14)17(20)25)18(9)3-4-18/h1-2,5-7,9-10,14-15,22-23H,3-4H2/p-2/b19-7-/t9-,10+,14-,15-/m0/s1. The first kappa shape index (κ1) is 16.0. The highest BCUT2D eigenvalue weighted by Gasteiger charge is 2.73. The van der Waals surface area contributed by atoms with Gasteiger partial charge in [-0.2, -0.15) is 10.1 Å². The number of amides is 2. The molecule has 1 saturated heterocycles. The van der Waals surface area contributed by atoms with Gasteiger partial charge in [0.2, 0.25) is 0 Å². The van der Waals surface area contributed by atoms with Crippen molar-refractivity contribution in [1.82, 2.24) is 5.01 Å². The predicted octanol–water partition coefficient (Wildman–Crippen LogP) is 0.273. The molecule has 9 heteroatoms. The normalized spacial score (nSPS) is 32.1. The summed E-state index contributed by atoms with van der Waals surface area (Å²) < 4.78 is 0. The van der Waals surface area contributed by atoms with Crippen LogP contribution in [-0.4, -0.2) is 28.0 Å². The molecule has 3 aliphatic carbocycles. The molecule has 2 saturated carbocycles. The zero-order chi connectivity index (χ0) is 19.1. The molecule has 2 bridgehead atoms. The molecular formula is C18H13N3O6-2. The van der Waals surface area contributed by atoms with E-state index in [9.17, 15) is 29.9 Å². The summed E-state index contributed by atoms with van der Waals surface area (Å²) in [4.78, 5) is 35.5. The molecule has 9 nitrogen and oxygen atoms in total. The first-order chi connectivity index (χ1) is 12.8. The van der Waals surface area contributed by atoms with Crippen LogP contribution in [0.15, 0.2) is 29.4 Å². The number of hydrogen-bond donors (Lipinski definition) is 0. The number of nitro groups is 1. The number of imide groups is 1. The maximum atomic E-state index is 12.8. The first-order valence-electron chi connectivity index (χ1n) is 8.62. The summed E-state index contributed by atoms with van der Waals surface area (Å²) in [5.41, 5.74) is -0.910. The Kier molecular flexibility index (Phi) is 2.92. The molecule has 0 N–H and O–H groups in total. The average Bonchev–Trinajstić information content (AvgIpc) is 3.21. The number of allylic oxidation sites excluding steroid dienone is 2. The van der Waals surface area contributed by atoms with E-state index in [4.69, 9.17) is 0 Å². The maximum Gasteiger partial charge on any atom is 0.262 e. The van der Waals surface area contributed by atoms with E-state index in [-0.39, 0.29) is 22.8 Å². The lowest BCUT2D eigenvalue weighted by Crippen LogP contribution is -2.30. The van der Waals surface area contributed by atoms with Crippen molar-refractivity contribution >= 4 is 23.7 Å². The number of hydrogen-bond acceptors (Lipinski definition) is 7. The van der Waals surface area contributed by atoms with E-state index in [2.05, 4.69) is 5.10 Å². The van der Waals surface area contributed by atoms with Crippen LogP contribution in [0.2, 0.25) is 0 Å². The molecule has 1 aliphatic heterocycles. The van der Waals surface area contributed by atoms with Gasteiger partial charge in [0.15, 0.2) is 0 Å². The van der Waals surface area contributed by atoms with E-state index in [1.807, 2.05) is 12.2 Å². The summed E-state index contributed by atoms with van der Waals surface area (Å²) in [5.74, 6) is -3.28. The Balaban J connectivity index is 1.45. The third-order valence-corrected chi connectivity index (χ3v) is 6.43. The SMILES string of the molecule is O=C1[C@@H]2[C@@H](C(=O)N1/N=C\c1cc([N+](=O)[O-])c([O-])cc1[O-])[C@@H]1C=C[C@H]2C12CC2. The fraction of sp³-hybridized carbons (Fsp3) is 0.389. The smallest absolute Gasteiger partial charge is 0.262 e. The number of fused-ring (bicyclic) bond motifs is 3. The van der Waals surface area contributed by atoms with Crippen LogP contribution in [-0.2, 0) is 9.59 Å². The van der Waals surface area contributed by atoms with E-state index < -0.39 is 45.8 Å². The molecule has 1 spiro atoms. The molecule has 5 rings (SSSR count). The van der Waals surface area contributed by atoms with Crippen molar-refractivity contribution in [2.24, 2.45) is 34.2 Å². The molecule has 1 heterocycles. The number of hydrazone groups is 1. The van der Waals surface area contributed by atoms with Crippen molar-refractivity contribution in [2.75, 3.05) is 0 Å². The van der Waals surface area contributed by atoms with Crippen molar-refractivity contribution in [2.45, 2.75) is 12.8 Å². The molecule has 3 fully saturated rings. The van der Waals surface area contributed by atoms with Gasteiger partial charge in [0, 0.05) is 6.07 Å². The molecule has 0 radical (unpaired) electrons. The van der Waals surface area contributed by atoms with Gasteiger partial charge in [-0.25, -0.2) is 0 Å². The Labute approximate surface area is 152 Å². The summed E-state index contributed by atoms with van der Waals surface area (Å²) in [7, 11) is 0. The summed E-state index contributed by atoms with van der Waals surface area (Å²) in [6.45, 7) is 0. The van der Waals surface area contributed by atoms with E-state index >= 15 is 0 Å². The molecule has 0 unspecified atom stereocenters. The van der Waals surface area contributed by atoms with E-state index in [0.29, 0.717) is 6.07 Å². The molecule has 27 heavy (non-hydrogen) atoms. The van der Waals surface area contributed by atoms with Crippen LogP contribution in [0.4, 0.5) is 5.69 Å². The third-order valence-electron chi connectivity index (χ3n) is 6.43. The number of nitrogens with zero attached hydrogens (tertiary/aromatic N) is 3. The van der Waals surface area contributed by atoms with Crippen molar-refractivity contribution in [3.8, 4) is 11.5 Å². The zero-order valence-corrected chi connectivity index (χ0v) is 13.9. The van der Waals surface area contributed by atoms with Crippen LogP contribution in [0.25, 0.3) is 0 Å². The molecule has 0 aromatic heterocycles. The highest BCUT2D eigenvalue weighted by molar-refractivity contribution is 6.07. The lowest BCUT2D eigenvalue weighted by atomic mass is 9.85. The minimum atomic E-state index is -0.998. The quantitative estimate of drug-likeness (QED) is 0.247. The second-order valence-electron chi connectivity index (χ2n) is 7.57. The fourth-order valence-electron chi connectivity index (χ4n) is 5.11. The van der Waals surface area contributed by atoms with Gasteiger partial charge < -0.3 is 10.2 Å². The van der Waals surface area contributed by atoms with Crippen LogP contribution in [0.1, 0.15) is 18.4 Å². The number of rotatable bonds is 3. The molecule has 138 valence electrons. The van der Waals surface area contributed by atoms with Gasteiger partial charge in [-0.05, 0) is 41.4 Å². The minimum Gasteiger partial charge on any atom is -0.872 e. The van der Waals surface area contributed by atoms with E-state index in [1.165, 1.54) is 0 Å². The fourth-order valence-corrected chi connectivity index (χ4v) is 5.11. The first-order valence-corrected chi connectivity index (χ1v) is 8.62. The average molecular weight is 367 g/mol. The summed E-state index contributed by atoms with van der Waals surface area (Å²) in [5, 5.41) is 38.8. The number of carbonyl (C=O) groups excluding carboxylic acids is 2. The highest BCUT2D eigenvalue weighted by Crippen LogP contribution is 2.73. The monoisotopic (exact) mass is 367 g/mol. The predicted molar refractivity (Wildman–Crippen MR) is 86.2 cm³/mol. The van der Waals surface area contributed by atoms with Crippen LogP contribution >= 0.6 is 0 Å². The molecule has 1 aromatic rings.